The molecule has 1 aliphatic heterocycles. The van der Waals surface area contributed by atoms with Crippen molar-refractivity contribution < 1.29 is 47.4 Å². The molecular weight excluding hydrogens is 737 g/mol. The normalized spacial score (nSPS) is 12.4. The number of hydrogen-bond donors (Lipinski definition) is 0. The zero-order chi connectivity index (χ0) is 39.0. The first-order chi connectivity index (χ1) is 26.8. The Balaban J connectivity index is 0.000000223. The number of aromatic nitrogens is 2. The monoisotopic (exact) mass is 771 g/mol. The molecule has 0 atom stereocenters. The first-order valence-electron chi connectivity index (χ1n) is 16.4. The number of benzene rings is 4. The molecular formula is C39H35ClFN5O9. The van der Waals surface area contributed by atoms with Crippen molar-refractivity contribution in [2.24, 2.45) is 15.5 Å². The Hall–Kier alpha value is -6.74. The lowest BCUT2D eigenvalue weighted by atomic mass is 10.0. The summed E-state index contributed by atoms with van der Waals surface area (Å²) in [5, 5.41) is 11.9. The molecule has 0 radical (unpaired) electrons. The molecule has 6 rings (SSSR count). The molecule has 0 N–H and O–H groups in total. The molecule has 0 saturated carbocycles. The maximum absolute atomic E-state index is 15.1. The van der Waals surface area contributed by atoms with Crippen LogP contribution in [0.15, 0.2) is 119 Å². The Morgan fingerprint density at radius 1 is 0.782 bits per heavy atom. The van der Waals surface area contributed by atoms with E-state index in [2.05, 4.69) is 25.4 Å². The molecule has 0 amide bonds. The molecule has 284 valence electrons. The number of carbonyl (C=O) groups excluding carboxylic acids is 1. The summed E-state index contributed by atoms with van der Waals surface area (Å²) in [6.45, 7) is 2.88. The zero-order valence-corrected chi connectivity index (χ0v) is 30.9. The first-order valence-corrected chi connectivity index (χ1v) is 16.8. The van der Waals surface area contributed by atoms with Crippen molar-refractivity contribution in [3.8, 4) is 29.0 Å². The minimum Gasteiger partial charge on any atom is -0.489 e. The van der Waals surface area contributed by atoms with E-state index in [-0.39, 0.29) is 47.2 Å². The summed E-state index contributed by atoms with van der Waals surface area (Å²) in [5.41, 5.74) is 3.20. The summed E-state index contributed by atoms with van der Waals surface area (Å²) in [5.74, 6) is -0.849. The summed E-state index contributed by atoms with van der Waals surface area (Å²) in [6.07, 6.45) is 1.11. The molecule has 0 spiro atoms. The molecule has 1 aliphatic rings. The minimum absolute atomic E-state index is 0.0973. The highest BCUT2D eigenvalue weighted by Gasteiger charge is 2.24. The molecule has 14 nitrogen and oxygen atoms in total. The van der Waals surface area contributed by atoms with Gasteiger partial charge in [-0.05, 0) is 53.5 Å². The molecule has 4 aromatic carbocycles. The molecule has 16 heteroatoms. The molecule has 0 saturated heterocycles. The second kappa shape index (κ2) is 19.9. The number of rotatable bonds is 13. The van der Waals surface area contributed by atoms with Crippen LogP contribution in [0.3, 0.4) is 0 Å². The first kappa shape index (κ1) is 39.5. The maximum atomic E-state index is 15.1. The van der Waals surface area contributed by atoms with E-state index in [1.54, 1.807) is 54.6 Å². The number of halogens is 2. The summed E-state index contributed by atoms with van der Waals surface area (Å²) in [7, 11) is 4.06. The lowest BCUT2D eigenvalue weighted by Crippen LogP contribution is -2.25. The van der Waals surface area contributed by atoms with Gasteiger partial charge in [0.15, 0.2) is 18.0 Å². The van der Waals surface area contributed by atoms with Gasteiger partial charge < -0.3 is 38.2 Å². The molecule has 0 fully saturated rings. The van der Waals surface area contributed by atoms with E-state index in [1.165, 1.54) is 21.3 Å². The van der Waals surface area contributed by atoms with Gasteiger partial charge in [0, 0.05) is 5.56 Å². The minimum atomic E-state index is -0.915. The van der Waals surface area contributed by atoms with Gasteiger partial charge >= 0.3 is 5.97 Å². The van der Waals surface area contributed by atoms with Crippen LogP contribution in [0.2, 0.25) is 5.02 Å². The third-order valence-electron chi connectivity index (χ3n) is 7.37. The third kappa shape index (κ3) is 10.4. The zero-order valence-electron chi connectivity index (χ0n) is 30.1. The topological polar surface area (TPSA) is 154 Å². The highest BCUT2D eigenvalue weighted by molar-refractivity contribution is 6.46. The van der Waals surface area contributed by atoms with E-state index in [4.69, 9.17) is 49.8 Å². The molecule has 55 heavy (non-hydrogen) atoms. The number of hydrogen-bond acceptors (Lipinski definition) is 14. The van der Waals surface area contributed by atoms with Crippen LogP contribution < -0.4 is 14.2 Å². The number of methoxy groups -OCH3 is 1. The van der Waals surface area contributed by atoms with Gasteiger partial charge in [-0.25, -0.2) is 4.79 Å². The van der Waals surface area contributed by atoms with Crippen LogP contribution in [-0.2, 0) is 35.4 Å². The smallest absolute Gasteiger partial charge is 0.360 e. The van der Waals surface area contributed by atoms with Crippen molar-refractivity contribution in [1.29, 1.82) is 0 Å². The molecule has 1 aromatic heterocycles. The molecule has 2 heterocycles. The van der Waals surface area contributed by atoms with Gasteiger partial charge in [0.25, 0.3) is 17.7 Å². The lowest BCUT2D eigenvalue weighted by Gasteiger charge is -2.17. The van der Waals surface area contributed by atoms with Gasteiger partial charge in [0.1, 0.15) is 51.0 Å². The van der Waals surface area contributed by atoms with Crippen LogP contribution in [0.5, 0.6) is 29.0 Å². The van der Waals surface area contributed by atoms with E-state index in [1.807, 2.05) is 49.4 Å². The largest absolute Gasteiger partial charge is 0.489 e. The van der Waals surface area contributed by atoms with Crippen molar-refractivity contribution in [2.45, 2.75) is 13.5 Å². The fourth-order valence-electron chi connectivity index (χ4n) is 4.82. The number of nitrogens with zero attached hydrogens (tertiary/aromatic N) is 5. The third-order valence-corrected chi connectivity index (χ3v) is 7.69. The van der Waals surface area contributed by atoms with Crippen molar-refractivity contribution in [2.75, 3.05) is 34.5 Å². The quantitative estimate of drug-likeness (QED) is 0.0658. The molecule has 0 bridgehead atoms. The van der Waals surface area contributed by atoms with Crippen molar-refractivity contribution in [1.82, 2.24) is 9.97 Å². The average Bonchev–Trinajstić information content (AvgIpc) is 3.22. The summed E-state index contributed by atoms with van der Waals surface area (Å²) < 4.78 is 42.4. The Labute approximate surface area is 320 Å². The number of esters is 1. The van der Waals surface area contributed by atoms with E-state index in [0.717, 1.165) is 23.2 Å². The Morgan fingerprint density at radius 3 is 2.05 bits per heavy atom. The van der Waals surface area contributed by atoms with E-state index >= 15 is 4.39 Å². The fourth-order valence-corrected chi connectivity index (χ4v) is 4.99. The van der Waals surface area contributed by atoms with Crippen molar-refractivity contribution in [3.05, 3.63) is 136 Å². The van der Waals surface area contributed by atoms with Crippen LogP contribution in [-0.4, -0.2) is 67.8 Å². The van der Waals surface area contributed by atoms with Crippen LogP contribution in [0.4, 0.5) is 4.39 Å². The van der Waals surface area contributed by atoms with Gasteiger partial charge in [-0.3, -0.25) is 0 Å². The number of aryl methyl sites for hydroxylation is 1. The SMILES string of the molecule is CO/N=C(/C(=O)OC)c1ccccc1COc1ccccc1C.CO/N=C(/C1=NOCCO1)c1ccccc1Oc1ncnc(Oc2ccccc2Cl)c1F. The van der Waals surface area contributed by atoms with Crippen LogP contribution in [0.25, 0.3) is 0 Å². The van der Waals surface area contributed by atoms with Crippen LogP contribution in [0.1, 0.15) is 22.3 Å². The van der Waals surface area contributed by atoms with Gasteiger partial charge in [-0.2, -0.15) is 14.4 Å². The van der Waals surface area contributed by atoms with Crippen molar-refractivity contribution >= 4 is 34.9 Å². The van der Waals surface area contributed by atoms with Crippen LogP contribution in [0, 0.1) is 12.7 Å². The van der Waals surface area contributed by atoms with Crippen LogP contribution >= 0.6 is 11.6 Å². The molecule has 5 aromatic rings. The number of para-hydroxylation sites is 3. The highest BCUT2D eigenvalue weighted by atomic mass is 35.5. The van der Waals surface area contributed by atoms with Gasteiger partial charge in [-0.1, -0.05) is 88.6 Å². The van der Waals surface area contributed by atoms with Crippen molar-refractivity contribution in [3.63, 3.8) is 0 Å². The van der Waals surface area contributed by atoms with Gasteiger partial charge in [0.2, 0.25) is 5.82 Å². The lowest BCUT2D eigenvalue weighted by molar-refractivity contribution is -0.132. The predicted octanol–water partition coefficient (Wildman–Crippen LogP) is 7.66. The Bertz CT molecular complexity index is 2180. The maximum Gasteiger partial charge on any atom is 0.360 e. The second-order valence-electron chi connectivity index (χ2n) is 11.0. The van der Waals surface area contributed by atoms with Gasteiger partial charge in [0.05, 0.1) is 17.7 Å². The highest BCUT2D eigenvalue weighted by Crippen LogP contribution is 2.34. The standard InChI is InChI=1S/C21H16ClFN4O5.C18H19NO4/c1-28-26-18(21-27-30-11-10-29-21)13-6-2-4-8-15(13)31-19-17(23)20(25-12-24-19)32-16-9-5-3-7-14(16)22;1-13-8-4-7-11-16(13)23-12-14-9-5-6-10-15(14)17(19-22-3)18(20)21-2/h2-9,12H,10-11H2,1H3;4-11H,12H2,1-3H3/b26-18+;19-17+. The van der Waals surface area contributed by atoms with E-state index in [0.29, 0.717) is 29.4 Å². The van der Waals surface area contributed by atoms with Gasteiger partial charge in [-0.15, -0.1) is 0 Å². The fraction of sp³-hybridized carbons (Fsp3) is 0.179. The predicted molar refractivity (Wildman–Crippen MR) is 200 cm³/mol. The van der Waals surface area contributed by atoms with E-state index < -0.39 is 11.8 Å². The molecule has 0 unspecified atom stereocenters. The summed E-state index contributed by atoms with van der Waals surface area (Å²) in [4.78, 5) is 34.4. The summed E-state index contributed by atoms with van der Waals surface area (Å²) in [6, 6.07) is 28.4. The Morgan fingerprint density at radius 2 is 1.40 bits per heavy atom. The average molecular weight is 772 g/mol. The second-order valence-corrected chi connectivity index (χ2v) is 11.4. The number of oxime groups is 3. The molecule has 0 aliphatic carbocycles. The number of carbonyl (C=O) groups is 1. The summed E-state index contributed by atoms with van der Waals surface area (Å²) >= 11 is 6.07. The van der Waals surface area contributed by atoms with E-state index in [9.17, 15) is 4.79 Å². The number of ether oxygens (including phenoxy) is 5. The Kier molecular flexibility index (Phi) is 14.3.